The topological polar surface area (TPSA) is 90.5 Å². The normalized spacial score (nSPS) is 14.2. The number of hydrogen-bond donors (Lipinski definition) is 4. The SMILES string of the molecule is CCC[C@H](O)[C@H](CNCc1ccc(C)cc1C)NC(=O)[C@@H](C)C(=O)Nc1cccc(C(F)(F)F)c1. The number of rotatable bonds is 11. The lowest BCUT2D eigenvalue weighted by Gasteiger charge is -2.26. The van der Waals surface area contributed by atoms with Crippen molar-refractivity contribution in [1.29, 1.82) is 0 Å². The Kier molecular flexibility index (Phi) is 10.3. The van der Waals surface area contributed by atoms with Crippen LogP contribution in [0.4, 0.5) is 18.9 Å². The lowest BCUT2D eigenvalue weighted by atomic mass is 10.0. The fraction of sp³-hybridized carbons (Fsp3) is 0.462. The molecule has 0 saturated carbocycles. The summed E-state index contributed by atoms with van der Waals surface area (Å²) in [4.78, 5) is 25.3. The maximum atomic E-state index is 12.9. The summed E-state index contributed by atoms with van der Waals surface area (Å²) >= 11 is 0. The van der Waals surface area contributed by atoms with Gasteiger partial charge in [-0.05, 0) is 56.5 Å². The molecule has 0 radical (unpaired) electrons. The first-order valence-electron chi connectivity index (χ1n) is 11.7. The smallest absolute Gasteiger partial charge is 0.391 e. The third-order valence-electron chi connectivity index (χ3n) is 5.80. The minimum absolute atomic E-state index is 0.0535. The van der Waals surface area contributed by atoms with Crippen LogP contribution in [0, 0.1) is 19.8 Å². The molecule has 0 unspecified atom stereocenters. The van der Waals surface area contributed by atoms with Crippen LogP contribution in [-0.2, 0) is 22.3 Å². The monoisotopic (exact) mass is 493 g/mol. The molecule has 0 spiro atoms. The fourth-order valence-electron chi connectivity index (χ4n) is 3.64. The summed E-state index contributed by atoms with van der Waals surface area (Å²) in [5.74, 6) is -2.54. The van der Waals surface area contributed by atoms with E-state index in [-0.39, 0.29) is 12.2 Å². The molecular formula is C26H34F3N3O3. The summed E-state index contributed by atoms with van der Waals surface area (Å²) in [5, 5.41) is 18.9. The zero-order chi connectivity index (χ0) is 26.2. The van der Waals surface area contributed by atoms with E-state index in [9.17, 15) is 27.9 Å². The van der Waals surface area contributed by atoms with Crippen LogP contribution in [0.25, 0.3) is 0 Å². The van der Waals surface area contributed by atoms with Gasteiger partial charge >= 0.3 is 6.18 Å². The average molecular weight is 494 g/mol. The second-order valence-electron chi connectivity index (χ2n) is 8.82. The van der Waals surface area contributed by atoms with E-state index in [4.69, 9.17) is 0 Å². The predicted molar refractivity (Wildman–Crippen MR) is 130 cm³/mol. The van der Waals surface area contributed by atoms with Crippen LogP contribution >= 0.6 is 0 Å². The lowest BCUT2D eigenvalue weighted by Crippen LogP contribution is -2.51. The Labute approximate surface area is 204 Å². The number of carbonyl (C=O) groups excluding carboxylic acids is 2. The number of anilines is 1. The van der Waals surface area contributed by atoms with Gasteiger partial charge in [0.05, 0.1) is 17.7 Å². The van der Waals surface area contributed by atoms with Gasteiger partial charge in [-0.25, -0.2) is 0 Å². The number of aliphatic hydroxyl groups excluding tert-OH is 1. The molecule has 0 aliphatic heterocycles. The van der Waals surface area contributed by atoms with Crippen molar-refractivity contribution in [3.63, 3.8) is 0 Å². The molecular weight excluding hydrogens is 459 g/mol. The molecule has 4 N–H and O–H groups in total. The molecule has 6 nitrogen and oxygen atoms in total. The lowest BCUT2D eigenvalue weighted by molar-refractivity contribution is -0.138. The van der Waals surface area contributed by atoms with Crippen molar-refractivity contribution in [2.24, 2.45) is 5.92 Å². The number of aryl methyl sites for hydroxylation is 2. The van der Waals surface area contributed by atoms with Crippen LogP contribution in [0.15, 0.2) is 42.5 Å². The highest BCUT2D eigenvalue weighted by atomic mass is 19.4. The van der Waals surface area contributed by atoms with Gasteiger partial charge in [0.15, 0.2) is 0 Å². The molecule has 0 aliphatic carbocycles. The van der Waals surface area contributed by atoms with E-state index >= 15 is 0 Å². The molecule has 35 heavy (non-hydrogen) atoms. The Hall–Kier alpha value is -2.91. The van der Waals surface area contributed by atoms with Crippen LogP contribution in [0.3, 0.4) is 0 Å². The molecule has 2 aromatic carbocycles. The molecule has 0 aromatic heterocycles. The van der Waals surface area contributed by atoms with E-state index in [1.807, 2.05) is 32.9 Å². The van der Waals surface area contributed by atoms with Crippen LogP contribution in [0.1, 0.15) is 48.9 Å². The standard InChI is InChI=1S/C26H34F3N3O3/c1-5-7-23(33)22(15-30-14-19-11-10-16(2)12-17(19)3)32-25(35)18(4)24(34)31-21-9-6-8-20(13-21)26(27,28)29/h6,8-13,18,22-23,30,33H,5,7,14-15H2,1-4H3,(H,31,34)(H,32,35)/t18-,22-,23-/m0/s1. The summed E-state index contributed by atoms with van der Waals surface area (Å²) in [5.41, 5.74) is 2.44. The van der Waals surface area contributed by atoms with Gasteiger partial charge in [-0.1, -0.05) is 43.2 Å². The maximum Gasteiger partial charge on any atom is 0.416 e. The molecule has 0 bridgehead atoms. The fourth-order valence-corrected chi connectivity index (χ4v) is 3.64. The summed E-state index contributed by atoms with van der Waals surface area (Å²) < 4.78 is 38.8. The van der Waals surface area contributed by atoms with E-state index in [1.165, 1.54) is 19.1 Å². The summed E-state index contributed by atoms with van der Waals surface area (Å²) in [6.45, 7) is 8.13. The average Bonchev–Trinajstić information content (AvgIpc) is 2.78. The summed E-state index contributed by atoms with van der Waals surface area (Å²) in [6.07, 6.45) is -4.21. The molecule has 3 atom stereocenters. The molecule has 0 heterocycles. The number of aliphatic hydroxyl groups is 1. The molecule has 9 heteroatoms. The Morgan fingerprint density at radius 1 is 1.06 bits per heavy atom. The van der Waals surface area contributed by atoms with E-state index in [1.54, 1.807) is 0 Å². The quantitative estimate of drug-likeness (QED) is 0.351. The zero-order valence-electron chi connectivity index (χ0n) is 20.5. The number of amides is 2. The first-order chi connectivity index (χ1) is 16.4. The van der Waals surface area contributed by atoms with Crippen molar-refractivity contribution < 1.29 is 27.9 Å². The third kappa shape index (κ3) is 8.67. The number of benzene rings is 2. The Morgan fingerprint density at radius 3 is 2.40 bits per heavy atom. The minimum atomic E-state index is -4.55. The predicted octanol–water partition coefficient (Wildman–Crippen LogP) is 4.33. The van der Waals surface area contributed by atoms with E-state index in [0.717, 1.165) is 28.8 Å². The van der Waals surface area contributed by atoms with Crippen molar-refractivity contribution in [2.45, 2.75) is 65.4 Å². The minimum Gasteiger partial charge on any atom is -0.391 e. The second kappa shape index (κ2) is 12.7. The highest BCUT2D eigenvalue weighted by Crippen LogP contribution is 2.30. The van der Waals surface area contributed by atoms with Crippen molar-refractivity contribution in [3.05, 3.63) is 64.7 Å². The Morgan fingerprint density at radius 2 is 1.77 bits per heavy atom. The summed E-state index contributed by atoms with van der Waals surface area (Å²) in [7, 11) is 0. The van der Waals surface area contributed by atoms with Gasteiger partial charge in [0.25, 0.3) is 0 Å². The van der Waals surface area contributed by atoms with Crippen LogP contribution in [-0.4, -0.2) is 35.6 Å². The molecule has 2 aromatic rings. The highest BCUT2D eigenvalue weighted by Gasteiger charge is 2.31. The van der Waals surface area contributed by atoms with Crippen LogP contribution in [0.5, 0.6) is 0 Å². The number of nitrogens with one attached hydrogen (secondary N) is 3. The van der Waals surface area contributed by atoms with E-state index in [0.29, 0.717) is 19.4 Å². The van der Waals surface area contributed by atoms with Gasteiger partial charge in [-0.15, -0.1) is 0 Å². The van der Waals surface area contributed by atoms with Gasteiger partial charge in [0.2, 0.25) is 11.8 Å². The molecule has 2 amide bonds. The van der Waals surface area contributed by atoms with E-state index in [2.05, 4.69) is 22.0 Å². The van der Waals surface area contributed by atoms with Gasteiger partial charge in [0.1, 0.15) is 5.92 Å². The highest BCUT2D eigenvalue weighted by molar-refractivity contribution is 6.06. The van der Waals surface area contributed by atoms with Crippen LogP contribution < -0.4 is 16.0 Å². The van der Waals surface area contributed by atoms with Gasteiger partial charge in [-0.2, -0.15) is 13.2 Å². The molecule has 0 fully saturated rings. The first kappa shape index (κ1) is 28.3. The largest absolute Gasteiger partial charge is 0.416 e. The molecule has 2 rings (SSSR count). The van der Waals surface area contributed by atoms with E-state index < -0.39 is 41.6 Å². The first-order valence-corrected chi connectivity index (χ1v) is 11.7. The summed E-state index contributed by atoms with van der Waals surface area (Å²) in [6, 6.07) is 9.69. The molecule has 0 saturated heterocycles. The number of carbonyl (C=O) groups is 2. The van der Waals surface area contributed by atoms with Crippen molar-refractivity contribution in [2.75, 3.05) is 11.9 Å². The molecule has 192 valence electrons. The third-order valence-corrected chi connectivity index (χ3v) is 5.80. The van der Waals surface area contributed by atoms with Gasteiger partial charge in [-0.3, -0.25) is 9.59 Å². The van der Waals surface area contributed by atoms with Gasteiger partial charge < -0.3 is 21.1 Å². The second-order valence-corrected chi connectivity index (χ2v) is 8.82. The van der Waals surface area contributed by atoms with Gasteiger partial charge in [0, 0.05) is 18.8 Å². The Balaban J connectivity index is 2.00. The zero-order valence-corrected chi connectivity index (χ0v) is 20.5. The Bertz CT molecular complexity index is 1010. The van der Waals surface area contributed by atoms with Crippen LogP contribution in [0.2, 0.25) is 0 Å². The number of hydrogen-bond acceptors (Lipinski definition) is 4. The van der Waals surface area contributed by atoms with Crippen molar-refractivity contribution in [3.8, 4) is 0 Å². The van der Waals surface area contributed by atoms with Crippen molar-refractivity contribution in [1.82, 2.24) is 10.6 Å². The van der Waals surface area contributed by atoms with Crippen molar-refractivity contribution >= 4 is 17.5 Å². The molecule has 0 aliphatic rings. The number of halogens is 3. The maximum absolute atomic E-state index is 12.9. The number of alkyl halides is 3.